The molecule has 0 aliphatic heterocycles. The Morgan fingerprint density at radius 3 is 2.80 bits per heavy atom. The van der Waals surface area contributed by atoms with E-state index in [0.29, 0.717) is 5.92 Å². The summed E-state index contributed by atoms with van der Waals surface area (Å²) in [4.78, 5) is 9.04. The van der Waals surface area contributed by atoms with Gasteiger partial charge in [0.05, 0.1) is 17.3 Å². The average molecular weight is 284 g/mol. The average Bonchev–Trinajstić information content (AvgIpc) is 2.93. The Hall–Kier alpha value is -1.94. The van der Waals surface area contributed by atoms with E-state index in [2.05, 4.69) is 35.9 Å². The van der Waals surface area contributed by atoms with Crippen LogP contribution in [0.4, 0.5) is 0 Å². The van der Waals surface area contributed by atoms with E-state index in [1.165, 1.54) is 5.56 Å². The van der Waals surface area contributed by atoms with Crippen LogP contribution in [0.1, 0.15) is 25.3 Å². The van der Waals surface area contributed by atoms with Crippen molar-refractivity contribution < 1.29 is 4.74 Å². The highest BCUT2D eigenvalue weighted by Gasteiger charge is 2.11. The number of ether oxygens (including phenoxy) is 1. The summed E-state index contributed by atoms with van der Waals surface area (Å²) in [6, 6.07) is 8.19. The van der Waals surface area contributed by atoms with Gasteiger partial charge >= 0.3 is 0 Å². The van der Waals surface area contributed by atoms with Crippen LogP contribution in [0.25, 0.3) is 21.6 Å². The molecule has 0 unspecified atom stereocenters. The molecule has 4 heteroatoms. The molecule has 0 amide bonds. The van der Waals surface area contributed by atoms with E-state index >= 15 is 0 Å². The maximum Gasteiger partial charge on any atom is 0.159 e. The zero-order valence-electron chi connectivity index (χ0n) is 11.8. The summed E-state index contributed by atoms with van der Waals surface area (Å²) in [5.41, 5.74) is 3.18. The molecule has 1 aromatic carbocycles. The molecule has 0 aliphatic carbocycles. The molecule has 0 atom stereocenters. The molecule has 0 aliphatic rings. The minimum atomic E-state index is 0.430. The summed E-state index contributed by atoms with van der Waals surface area (Å²) in [5.74, 6) is 2.07. The zero-order valence-corrected chi connectivity index (χ0v) is 12.6. The van der Waals surface area contributed by atoms with Gasteiger partial charge in [0, 0.05) is 11.8 Å². The van der Waals surface area contributed by atoms with Gasteiger partial charge in [-0.15, -0.1) is 11.3 Å². The number of thiophene rings is 1. The summed E-state index contributed by atoms with van der Waals surface area (Å²) in [5, 5.41) is 2.03. The van der Waals surface area contributed by atoms with Crippen molar-refractivity contribution in [3.05, 3.63) is 41.4 Å². The second-order valence-corrected chi connectivity index (χ2v) is 5.92. The van der Waals surface area contributed by atoms with Gasteiger partial charge in [0.2, 0.25) is 0 Å². The minimum absolute atomic E-state index is 0.430. The number of benzene rings is 1. The molecule has 20 heavy (non-hydrogen) atoms. The normalized spacial score (nSPS) is 11.2. The second kappa shape index (κ2) is 5.21. The highest BCUT2D eigenvalue weighted by atomic mass is 32.1. The van der Waals surface area contributed by atoms with Crippen LogP contribution in [0.3, 0.4) is 0 Å². The third-order valence-corrected chi connectivity index (χ3v) is 4.16. The zero-order chi connectivity index (χ0) is 14.1. The first-order chi connectivity index (χ1) is 9.69. The lowest BCUT2D eigenvalue weighted by atomic mass is 10.00. The summed E-state index contributed by atoms with van der Waals surface area (Å²) in [6.07, 6.45) is 1.88. The molecule has 0 spiro atoms. The van der Waals surface area contributed by atoms with E-state index in [9.17, 15) is 0 Å². The number of fused-ring (bicyclic) bond motifs is 1. The van der Waals surface area contributed by atoms with E-state index in [-0.39, 0.29) is 0 Å². The van der Waals surface area contributed by atoms with Crippen molar-refractivity contribution in [2.24, 2.45) is 0 Å². The molecule has 0 saturated heterocycles. The molecule has 2 heterocycles. The van der Waals surface area contributed by atoms with Crippen LogP contribution in [-0.4, -0.2) is 17.1 Å². The molecule has 0 fully saturated rings. The highest BCUT2D eigenvalue weighted by molar-refractivity contribution is 7.17. The van der Waals surface area contributed by atoms with Crippen molar-refractivity contribution in [3.8, 4) is 17.1 Å². The van der Waals surface area contributed by atoms with E-state index in [1.54, 1.807) is 18.4 Å². The smallest absolute Gasteiger partial charge is 0.159 e. The molecule has 0 radical (unpaired) electrons. The predicted octanol–water partition coefficient (Wildman–Crippen LogP) is 4.49. The van der Waals surface area contributed by atoms with Crippen LogP contribution in [0.15, 0.2) is 35.8 Å². The van der Waals surface area contributed by atoms with E-state index < -0.39 is 0 Å². The van der Waals surface area contributed by atoms with E-state index in [0.717, 1.165) is 27.4 Å². The molecule has 0 N–H and O–H groups in total. The molecule has 102 valence electrons. The van der Waals surface area contributed by atoms with Gasteiger partial charge in [-0.1, -0.05) is 26.0 Å². The molecule has 3 aromatic rings. The fourth-order valence-corrected chi connectivity index (χ4v) is 2.92. The summed E-state index contributed by atoms with van der Waals surface area (Å²) < 4.78 is 6.60. The Kier molecular flexibility index (Phi) is 3.40. The standard InChI is InChI=1S/C16H16N2OS/c1-10(2)12-5-4-11(8-14(12)19-3)16-17-9-15-13(18-16)6-7-20-15/h4-10H,1-3H3. The first-order valence-electron chi connectivity index (χ1n) is 6.57. The maximum atomic E-state index is 5.49. The Morgan fingerprint density at radius 1 is 1.20 bits per heavy atom. The fraction of sp³-hybridized carbons (Fsp3) is 0.250. The monoisotopic (exact) mass is 284 g/mol. The number of rotatable bonds is 3. The highest BCUT2D eigenvalue weighted by Crippen LogP contribution is 2.31. The molecule has 3 nitrogen and oxygen atoms in total. The van der Waals surface area contributed by atoms with Gasteiger partial charge in [0.15, 0.2) is 5.82 Å². The Balaban J connectivity index is 2.09. The lowest BCUT2D eigenvalue weighted by Crippen LogP contribution is -1.96. The second-order valence-electron chi connectivity index (χ2n) is 4.98. The third kappa shape index (κ3) is 2.27. The minimum Gasteiger partial charge on any atom is -0.496 e. The third-order valence-electron chi connectivity index (χ3n) is 3.32. The first kappa shape index (κ1) is 13.1. The largest absolute Gasteiger partial charge is 0.496 e. The van der Waals surface area contributed by atoms with E-state index in [4.69, 9.17) is 4.74 Å². The number of hydrogen-bond donors (Lipinski definition) is 0. The van der Waals surface area contributed by atoms with Crippen molar-refractivity contribution in [1.82, 2.24) is 9.97 Å². The van der Waals surface area contributed by atoms with E-state index in [1.807, 2.05) is 23.7 Å². The van der Waals surface area contributed by atoms with Gasteiger partial charge in [0.1, 0.15) is 5.75 Å². The van der Waals surface area contributed by atoms with Crippen molar-refractivity contribution in [2.75, 3.05) is 7.11 Å². The van der Waals surface area contributed by atoms with Gasteiger partial charge in [-0.05, 0) is 29.0 Å². The van der Waals surface area contributed by atoms with Crippen LogP contribution in [0.2, 0.25) is 0 Å². The van der Waals surface area contributed by atoms with Crippen LogP contribution >= 0.6 is 11.3 Å². The Morgan fingerprint density at radius 2 is 2.05 bits per heavy atom. The number of aromatic nitrogens is 2. The topological polar surface area (TPSA) is 35.0 Å². The van der Waals surface area contributed by atoms with Crippen LogP contribution < -0.4 is 4.74 Å². The van der Waals surface area contributed by atoms with Crippen molar-refractivity contribution in [3.63, 3.8) is 0 Å². The fourth-order valence-electron chi connectivity index (χ4n) is 2.23. The number of methoxy groups -OCH3 is 1. The number of hydrogen-bond acceptors (Lipinski definition) is 4. The van der Waals surface area contributed by atoms with Crippen molar-refractivity contribution in [2.45, 2.75) is 19.8 Å². The molecule has 2 aromatic heterocycles. The molecule has 3 rings (SSSR count). The molecule has 0 bridgehead atoms. The van der Waals surface area contributed by atoms with Crippen LogP contribution in [0, 0.1) is 0 Å². The Bertz CT molecular complexity index is 749. The Labute approximate surface area is 122 Å². The molecular formula is C16H16N2OS. The van der Waals surface area contributed by atoms with Gasteiger partial charge in [-0.2, -0.15) is 0 Å². The summed E-state index contributed by atoms with van der Waals surface area (Å²) in [7, 11) is 1.70. The van der Waals surface area contributed by atoms with Crippen LogP contribution in [-0.2, 0) is 0 Å². The molecular weight excluding hydrogens is 268 g/mol. The van der Waals surface area contributed by atoms with Gasteiger partial charge in [-0.25, -0.2) is 9.97 Å². The van der Waals surface area contributed by atoms with Gasteiger partial charge in [0.25, 0.3) is 0 Å². The number of nitrogens with zero attached hydrogens (tertiary/aromatic N) is 2. The summed E-state index contributed by atoms with van der Waals surface area (Å²) >= 11 is 1.66. The van der Waals surface area contributed by atoms with Crippen molar-refractivity contribution in [1.29, 1.82) is 0 Å². The summed E-state index contributed by atoms with van der Waals surface area (Å²) in [6.45, 7) is 4.32. The van der Waals surface area contributed by atoms with Gasteiger partial charge < -0.3 is 4.74 Å². The SMILES string of the molecule is COc1cc(-c2ncc3sccc3n2)ccc1C(C)C. The predicted molar refractivity (Wildman–Crippen MR) is 83.5 cm³/mol. The lowest BCUT2D eigenvalue weighted by Gasteiger charge is -2.12. The van der Waals surface area contributed by atoms with Gasteiger partial charge in [-0.3, -0.25) is 0 Å². The quantitative estimate of drug-likeness (QED) is 0.710. The maximum absolute atomic E-state index is 5.49. The first-order valence-corrected chi connectivity index (χ1v) is 7.45. The van der Waals surface area contributed by atoms with Crippen molar-refractivity contribution >= 4 is 21.6 Å². The lowest BCUT2D eigenvalue weighted by molar-refractivity contribution is 0.407. The molecule has 0 saturated carbocycles. The van der Waals surface area contributed by atoms with Crippen LogP contribution in [0.5, 0.6) is 5.75 Å².